The van der Waals surface area contributed by atoms with Crippen LogP contribution in [0.25, 0.3) is 0 Å². The number of halogens is 2. The van der Waals surface area contributed by atoms with Gasteiger partial charge in [0.2, 0.25) is 0 Å². The predicted octanol–water partition coefficient (Wildman–Crippen LogP) is -1.28. The van der Waals surface area contributed by atoms with E-state index in [4.69, 9.17) is 23.2 Å². The van der Waals surface area contributed by atoms with Crippen molar-refractivity contribution in [1.82, 2.24) is 0 Å². The first-order valence-corrected chi connectivity index (χ1v) is 3.86. The normalized spacial score (nSPS) is 12.6. The maximum absolute atomic E-state index is 9.46. The van der Waals surface area contributed by atoms with Gasteiger partial charge in [-0.05, 0) is 13.8 Å². The van der Waals surface area contributed by atoms with Crippen LogP contribution in [0.3, 0.4) is 0 Å². The second kappa shape index (κ2) is 10.2. The molecule has 0 spiro atoms. The Balaban J connectivity index is -0.000000143. The summed E-state index contributed by atoms with van der Waals surface area (Å²) in [7, 11) is 0. The molecule has 0 aliphatic heterocycles. The van der Waals surface area contributed by atoms with Crippen molar-refractivity contribution in [2.45, 2.75) is 24.6 Å². The van der Waals surface area contributed by atoms with E-state index in [1.807, 2.05) is 0 Å². The SMILES string of the molecule is CC(Cl)C(=O)[O-].CC(Cl)C(=O)[O-].[Zn+2]. The van der Waals surface area contributed by atoms with Crippen LogP contribution in [-0.2, 0) is 29.1 Å². The zero-order chi connectivity index (χ0) is 10.3. The number of aliphatic carboxylic acids is 2. The standard InChI is InChI=1S/2C3H5ClO2.Zn/c2*1-2(4)3(5)6;/h2*2H,1H3,(H,5,6);/q;;+2/p-2. The van der Waals surface area contributed by atoms with Gasteiger partial charge >= 0.3 is 19.5 Å². The topological polar surface area (TPSA) is 80.3 Å². The van der Waals surface area contributed by atoms with Crippen molar-refractivity contribution in [3.05, 3.63) is 0 Å². The first-order chi connectivity index (χ1) is 5.29. The van der Waals surface area contributed by atoms with Gasteiger partial charge in [-0.25, -0.2) is 0 Å². The van der Waals surface area contributed by atoms with Crippen LogP contribution in [-0.4, -0.2) is 22.7 Å². The molecule has 0 aliphatic rings. The molecular weight excluding hydrogens is 272 g/mol. The van der Waals surface area contributed by atoms with Crippen molar-refractivity contribution >= 4 is 35.1 Å². The van der Waals surface area contributed by atoms with E-state index >= 15 is 0 Å². The van der Waals surface area contributed by atoms with Crippen LogP contribution in [0.15, 0.2) is 0 Å². The molecule has 0 saturated carbocycles. The van der Waals surface area contributed by atoms with E-state index in [0.29, 0.717) is 0 Å². The summed E-state index contributed by atoms with van der Waals surface area (Å²) in [5.41, 5.74) is 0. The zero-order valence-electron chi connectivity index (χ0n) is 7.25. The van der Waals surface area contributed by atoms with Crippen LogP contribution in [0.1, 0.15) is 13.8 Å². The molecule has 0 N–H and O–H groups in total. The third-order valence-electron chi connectivity index (χ3n) is 0.650. The van der Waals surface area contributed by atoms with E-state index in [9.17, 15) is 19.8 Å². The van der Waals surface area contributed by atoms with Crippen LogP contribution in [0, 0.1) is 0 Å². The molecule has 0 bridgehead atoms. The summed E-state index contributed by atoms with van der Waals surface area (Å²) < 4.78 is 0. The van der Waals surface area contributed by atoms with E-state index in [0.717, 1.165) is 0 Å². The maximum Gasteiger partial charge on any atom is 2.00 e. The summed E-state index contributed by atoms with van der Waals surface area (Å²) in [4.78, 5) is 18.9. The van der Waals surface area contributed by atoms with Crippen molar-refractivity contribution in [2.24, 2.45) is 0 Å². The molecule has 0 aromatic heterocycles. The first-order valence-electron chi connectivity index (χ1n) is 2.98. The summed E-state index contributed by atoms with van der Waals surface area (Å²) in [6.07, 6.45) is 0. The number of hydrogen-bond acceptors (Lipinski definition) is 4. The molecular formula is C6H8Cl2O4Zn. The fourth-order valence-electron chi connectivity index (χ4n) is 0. The van der Waals surface area contributed by atoms with Crippen molar-refractivity contribution < 1.29 is 39.3 Å². The van der Waals surface area contributed by atoms with Gasteiger partial charge in [0.05, 0.1) is 22.7 Å². The minimum Gasteiger partial charge on any atom is -0.549 e. The van der Waals surface area contributed by atoms with Crippen LogP contribution in [0.4, 0.5) is 0 Å². The zero-order valence-corrected chi connectivity index (χ0v) is 11.7. The molecule has 0 fully saturated rings. The van der Waals surface area contributed by atoms with Gasteiger partial charge in [0.1, 0.15) is 0 Å². The third-order valence-corrected chi connectivity index (χ3v) is 1.01. The quantitative estimate of drug-likeness (QED) is 0.466. The Morgan fingerprint density at radius 1 is 1.00 bits per heavy atom. The Morgan fingerprint density at radius 3 is 1.08 bits per heavy atom. The Hall–Kier alpha value is 0.143. The number of carboxylic acid groups (broad SMARTS) is 2. The van der Waals surface area contributed by atoms with Crippen LogP contribution < -0.4 is 10.2 Å². The van der Waals surface area contributed by atoms with Gasteiger partial charge in [-0.2, -0.15) is 0 Å². The largest absolute Gasteiger partial charge is 2.00 e. The predicted molar refractivity (Wildman–Crippen MR) is 40.6 cm³/mol. The average molecular weight is 280 g/mol. The van der Waals surface area contributed by atoms with E-state index in [2.05, 4.69) is 0 Å². The van der Waals surface area contributed by atoms with Gasteiger partial charge in [0.15, 0.2) is 0 Å². The Bertz CT molecular complexity index is 143. The van der Waals surface area contributed by atoms with Crippen molar-refractivity contribution in [1.29, 1.82) is 0 Å². The molecule has 2 unspecified atom stereocenters. The fraction of sp³-hybridized carbons (Fsp3) is 0.667. The molecule has 0 radical (unpaired) electrons. The summed E-state index contributed by atoms with van der Waals surface area (Å²) in [5.74, 6) is -2.45. The fourth-order valence-corrected chi connectivity index (χ4v) is 0. The Kier molecular flexibility index (Phi) is 14.8. The van der Waals surface area contributed by atoms with E-state index < -0.39 is 22.7 Å². The molecule has 0 saturated heterocycles. The molecule has 0 amide bonds. The number of carbonyl (C=O) groups is 2. The van der Waals surface area contributed by atoms with Gasteiger partial charge in [0.25, 0.3) is 0 Å². The number of rotatable bonds is 2. The molecule has 7 heteroatoms. The number of alkyl halides is 2. The minimum absolute atomic E-state index is 0. The summed E-state index contributed by atoms with van der Waals surface area (Å²) >= 11 is 9.90. The van der Waals surface area contributed by atoms with Gasteiger partial charge in [-0.3, -0.25) is 0 Å². The number of hydrogen-bond donors (Lipinski definition) is 0. The Labute approximate surface area is 99.0 Å². The minimum atomic E-state index is -1.23. The molecule has 0 aromatic carbocycles. The molecule has 4 nitrogen and oxygen atoms in total. The number of carbonyl (C=O) groups excluding carboxylic acids is 2. The molecule has 72 valence electrons. The van der Waals surface area contributed by atoms with Crippen molar-refractivity contribution in [2.75, 3.05) is 0 Å². The summed E-state index contributed by atoms with van der Waals surface area (Å²) in [6.45, 7) is 2.69. The number of carboxylic acids is 2. The first kappa shape index (κ1) is 18.8. The van der Waals surface area contributed by atoms with Gasteiger partial charge < -0.3 is 19.8 Å². The molecule has 0 aromatic rings. The monoisotopic (exact) mass is 278 g/mol. The van der Waals surface area contributed by atoms with Gasteiger partial charge in [-0.15, -0.1) is 23.2 Å². The van der Waals surface area contributed by atoms with E-state index in [1.165, 1.54) is 13.8 Å². The van der Waals surface area contributed by atoms with Crippen LogP contribution in [0.2, 0.25) is 0 Å². The van der Waals surface area contributed by atoms with Crippen LogP contribution in [0.5, 0.6) is 0 Å². The molecule has 0 rings (SSSR count). The van der Waals surface area contributed by atoms with Gasteiger partial charge in [-0.1, -0.05) is 0 Å². The van der Waals surface area contributed by atoms with Crippen molar-refractivity contribution in [3.63, 3.8) is 0 Å². The maximum atomic E-state index is 9.46. The summed E-state index contributed by atoms with van der Waals surface area (Å²) in [5, 5.41) is 17.2. The molecule has 13 heavy (non-hydrogen) atoms. The third kappa shape index (κ3) is 18.8. The van der Waals surface area contributed by atoms with Gasteiger partial charge in [0, 0.05) is 0 Å². The van der Waals surface area contributed by atoms with Crippen LogP contribution >= 0.6 is 23.2 Å². The second-order valence-corrected chi connectivity index (χ2v) is 3.18. The molecule has 2 atom stereocenters. The van der Waals surface area contributed by atoms with E-state index in [-0.39, 0.29) is 19.5 Å². The van der Waals surface area contributed by atoms with Crippen molar-refractivity contribution in [3.8, 4) is 0 Å². The second-order valence-electron chi connectivity index (χ2n) is 1.87. The molecule has 0 heterocycles. The summed E-state index contributed by atoms with van der Waals surface area (Å²) in [6, 6.07) is 0. The molecule has 0 aliphatic carbocycles. The average Bonchev–Trinajstić information content (AvgIpc) is 1.88. The smallest absolute Gasteiger partial charge is 0.549 e. The Morgan fingerprint density at radius 2 is 1.08 bits per heavy atom. The van der Waals surface area contributed by atoms with E-state index in [1.54, 1.807) is 0 Å².